The number of nitrogens with zero attached hydrogens (tertiary/aromatic N) is 16. The summed E-state index contributed by atoms with van der Waals surface area (Å²) in [6.07, 6.45) is 4.35. The van der Waals surface area contributed by atoms with E-state index >= 15 is 8.78 Å². The number of halogens is 10. The van der Waals surface area contributed by atoms with Crippen molar-refractivity contribution in [3.05, 3.63) is 349 Å². The van der Waals surface area contributed by atoms with Gasteiger partial charge in [0.25, 0.3) is 5.91 Å². The number of thiophene rings is 2. The lowest BCUT2D eigenvalue weighted by Crippen LogP contribution is -2.26. The molecule has 0 saturated heterocycles. The molecule has 0 spiro atoms. The van der Waals surface area contributed by atoms with Crippen LogP contribution in [0.25, 0.3) is 110 Å². The fourth-order valence-corrected chi connectivity index (χ4v) is 17.4. The molecule has 0 aliphatic carbocycles. The minimum absolute atomic E-state index is 0.00366. The van der Waals surface area contributed by atoms with Gasteiger partial charge in [-0.05, 0) is 136 Å². The smallest absolute Gasteiger partial charge is 0.333 e. The minimum Gasteiger partial charge on any atom is -0.493 e. The summed E-state index contributed by atoms with van der Waals surface area (Å²) in [6, 6.07) is 42.8. The Morgan fingerprint density at radius 1 is 0.371 bits per heavy atom. The van der Waals surface area contributed by atoms with Gasteiger partial charge in [-0.25, -0.2) is 63.1 Å². The molecule has 1 atom stereocenters. The first-order valence-corrected chi connectivity index (χ1v) is 43.9. The summed E-state index contributed by atoms with van der Waals surface area (Å²) in [6.45, 7) is 0.671. The van der Waals surface area contributed by atoms with Crippen LogP contribution in [-0.2, 0) is 52.8 Å². The molecule has 0 aliphatic heterocycles. The minimum atomic E-state index is -1.35. The van der Waals surface area contributed by atoms with Crippen LogP contribution in [0.15, 0.2) is 224 Å². The second kappa shape index (κ2) is 39.5. The molecule has 716 valence electrons. The van der Waals surface area contributed by atoms with Gasteiger partial charge in [0.1, 0.15) is 54.2 Å². The SMILES string of the molecule is COc1cc2ncc3c(c2cc1OC(C(N)=O)c1ccc(F)cc1)n(-c1c(F)cc(C#N)cc1F)c(=O)n3C.COc1cc2ncc3c(c2cc1OCc1ccc(F)cc1)n(-c1c(F)cc(C#N)cc1F)c(=O)n3C.COc1cc2ncc3c(c2cc1OCc1cccs1)n(-c1c(F)cc(C#N)cc1F)c(=O)n3C.COc1cc2ncc3c(c2cc1OCc1ccsc1)n(-c1c(F)cc(C#N)cc1F)c(=O)n3C. The number of fused-ring (bicyclic) bond motifs is 12. The Hall–Kier alpha value is -18.6. The molecule has 1 unspecified atom stereocenters. The number of nitriles is 4. The molecule has 10 heterocycles. The highest BCUT2D eigenvalue weighted by Gasteiger charge is 2.32. The van der Waals surface area contributed by atoms with Gasteiger partial charge >= 0.3 is 22.8 Å². The van der Waals surface area contributed by atoms with Crippen LogP contribution in [0.2, 0.25) is 0 Å². The quantitative estimate of drug-likeness (QED) is 0.0653. The number of nitrogens with two attached hydrogens (primary N) is 1. The molecule has 0 bridgehead atoms. The van der Waals surface area contributed by atoms with Crippen molar-refractivity contribution in [2.24, 2.45) is 33.9 Å². The maximum atomic E-state index is 15.1. The lowest BCUT2D eigenvalue weighted by molar-refractivity contribution is -0.125. The van der Waals surface area contributed by atoms with Gasteiger partial charge in [-0.15, -0.1) is 11.3 Å². The third kappa shape index (κ3) is 18.0. The van der Waals surface area contributed by atoms with Gasteiger partial charge in [-0.3, -0.25) is 61.3 Å². The van der Waals surface area contributed by atoms with E-state index < -0.39 is 110 Å². The maximum Gasteiger partial charge on any atom is 0.333 e. The zero-order valence-corrected chi connectivity index (χ0v) is 77.1. The van der Waals surface area contributed by atoms with Crippen LogP contribution in [0.3, 0.4) is 0 Å². The third-order valence-electron chi connectivity index (χ3n) is 23.1. The van der Waals surface area contributed by atoms with Crippen LogP contribution in [0.4, 0.5) is 43.9 Å². The van der Waals surface area contributed by atoms with Gasteiger partial charge in [-0.2, -0.15) is 32.4 Å². The zero-order valence-electron chi connectivity index (χ0n) is 75.5. The Bertz CT molecular complexity index is 8710. The molecule has 0 aliphatic rings. The number of aryl methyl sites for hydroxylation is 4. The van der Waals surface area contributed by atoms with Crippen LogP contribution in [0, 0.1) is 103 Å². The first kappa shape index (κ1) is 96.1. The molecule has 20 aromatic rings. The molecule has 143 heavy (non-hydrogen) atoms. The average Bonchev–Trinajstić information content (AvgIpc) is 1.59. The van der Waals surface area contributed by atoms with Crippen molar-refractivity contribution in [2.75, 3.05) is 28.4 Å². The Kier molecular flexibility index (Phi) is 26.6. The second-order valence-corrected chi connectivity index (χ2v) is 33.3. The van der Waals surface area contributed by atoms with Crippen molar-refractivity contribution in [3.63, 3.8) is 0 Å². The third-order valence-corrected chi connectivity index (χ3v) is 24.6. The van der Waals surface area contributed by atoms with Gasteiger partial charge in [0.15, 0.2) is 92.5 Å². The summed E-state index contributed by atoms with van der Waals surface area (Å²) < 4.78 is 201. The molecule has 0 saturated carbocycles. The van der Waals surface area contributed by atoms with E-state index in [2.05, 4.69) is 19.9 Å². The molecule has 30 nitrogen and oxygen atoms in total. The van der Waals surface area contributed by atoms with Gasteiger partial charge in [0.05, 0.1) is 166 Å². The summed E-state index contributed by atoms with van der Waals surface area (Å²) in [5.41, 5.74) is 5.06. The predicted molar refractivity (Wildman–Crippen MR) is 507 cm³/mol. The maximum absolute atomic E-state index is 15.1. The Balaban J connectivity index is 0.000000131. The van der Waals surface area contributed by atoms with Gasteiger partial charge in [0.2, 0.25) is 6.10 Å². The highest BCUT2D eigenvalue weighted by molar-refractivity contribution is 7.09. The highest BCUT2D eigenvalue weighted by atomic mass is 32.1. The molecule has 0 radical (unpaired) electrons. The van der Waals surface area contributed by atoms with E-state index in [-0.39, 0.29) is 103 Å². The van der Waals surface area contributed by atoms with Crippen molar-refractivity contribution in [1.82, 2.24) is 56.5 Å². The van der Waals surface area contributed by atoms with E-state index in [0.29, 0.717) is 90.2 Å². The number of imidazole rings is 4. The zero-order chi connectivity index (χ0) is 102. The summed E-state index contributed by atoms with van der Waals surface area (Å²) in [7, 11) is 11.6. The Morgan fingerprint density at radius 3 is 0.944 bits per heavy atom. The topological polar surface area (TPSA) is 371 Å². The summed E-state index contributed by atoms with van der Waals surface area (Å²) in [4.78, 5) is 83.5. The predicted octanol–water partition coefficient (Wildman–Crippen LogP) is 17.9. The molecule has 0 fully saturated rings. The number of amides is 1. The average molecular weight is 1980 g/mol. The van der Waals surface area contributed by atoms with E-state index in [1.54, 1.807) is 84.1 Å². The van der Waals surface area contributed by atoms with E-state index in [1.165, 1.54) is 143 Å². The van der Waals surface area contributed by atoms with Crippen LogP contribution in [0.1, 0.15) is 49.9 Å². The Labute approximate surface area is 806 Å². The molecule has 10 aromatic carbocycles. The van der Waals surface area contributed by atoms with Crippen molar-refractivity contribution in [3.8, 4) is 93.0 Å². The summed E-state index contributed by atoms with van der Waals surface area (Å²) >= 11 is 3.08. The van der Waals surface area contributed by atoms with Crippen LogP contribution in [0.5, 0.6) is 46.0 Å². The number of benzene rings is 10. The molecule has 2 N–H and O–H groups in total. The lowest BCUT2D eigenvalue weighted by atomic mass is 10.1. The van der Waals surface area contributed by atoms with Crippen LogP contribution in [-0.4, -0.2) is 90.8 Å². The lowest BCUT2D eigenvalue weighted by Gasteiger charge is -2.19. The fraction of sp³-hybridized carbons (Fsp3) is 0.119. The van der Waals surface area contributed by atoms with E-state index in [9.17, 15) is 59.1 Å². The monoisotopic (exact) mass is 1980 g/mol. The van der Waals surface area contributed by atoms with Gasteiger partial charge < -0.3 is 43.6 Å². The normalized spacial score (nSPS) is 11.3. The number of aromatic nitrogens is 12. The standard InChI is InChI=1S/C27H18F3N5O4.C26H17F3N4O3.2C24H16F2N4O3S/c1-34-20-12-33-19-10-21(38-2)22(39-25(26(32)36)14-3-5-15(28)6-4-14)9-16(19)23(20)35(27(34)37)24-17(29)7-13(11-31)8-18(24)30;1-32-21-12-31-20-10-22(35-2)23(36-13-14-3-5-16(27)6-4-14)9-17(20)24(21)33(26(32)34)25-18(28)7-15(11-30)8-19(25)29;1-29-19-10-28-18-8-20(32-2)21(33-11-13-3-4-34-12-13)7-15(18)22(19)30(24(29)31)23-16(25)5-14(9-27)6-17(23)26;1-29-19-11-28-18-9-20(32-2)21(33-12-14-4-3-5-34-14)8-15(18)22(19)30(24(29)31)23-16(25)6-13(10-27)7-17(23)26/h3-10,12,25H,1-2H3,(H2,32,36);3-10,12H,13H2,1-2H3;3-8,10,12H,11H2,1-2H3;3-9,11H,12H2,1-2H3. The van der Waals surface area contributed by atoms with Crippen molar-refractivity contribution in [1.29, 1.82) is 21.0 Å². The molecule has 42 heteroatoms. The number of hydrogen-bond donors (Lipinski definition) is 1. The number of ether oxygens (including phenoxy) is 8. The number of rotatable bonds is 21. The van der Waals surface area contributed by atoms with E-state index in [0.717, 1.165) is 93.9 Å². The van der Waals surface area contributed by atoms with E-state index in [4.69, 9.17) is 64.7 Å². The molecule has 20 rings (SSSR count). The number of carbonyl (C=O) groups is 1. The number of methoxy groups -OCH3 is 4. The molecular formula is C101H67F10N17O13S2. The first-order chi connectivity index (χ1) is 68.8. The van der Waals surface area contributed by atoms with Gasteiger partial charge in [0, 0.05) is 84.4 Å². The number of hydrogen-bond acceptors (Lipinski definition) is 23. The molecule has 10 aromatic heterocycles. The molecular weight excluding hydrogens is 1910 g/mol. The van der Waals surface area contributed by atoms with Crippen LogP contribution < -0.4 is 66.4 Å². The van der Waals surface area contributed by atoms with Crippen molar-refractivity contribution in [2.45, 2.75) is 25.9 Å². The summed E-state index contributed by atoms with van der Waals surface area (Å²) in [5, 5.41) is 43.5. The second-order valence-electron chi connectivity index (χ2n) is 31.5. The number of primary amides is 1. The fourth-order valence-electron chi connectivity index (χ4n) is 16.2. The van der Waals surface area contributed by atoms with E-state index in [1.807, 2.05) is 34.3 Å². The van der Waals surface area contributed by atoms with Gasteiger partial charge in [-0.1, -0.05) is 30.3 Å². The number of pyridine rings is 4. The molecule has 1 amide bonds. The number of carbonyl (C=O) groups excluding carboxylic acids is 1. The summed E-state index contributed by atoms with van der Waals surface area (Å²) in [5.74, 6) is -7.87. The largest absolute Gasteiger partial charge is 0.493 e. The Morgan fingerprint density at radius 2 is 0.664 bits per heavy atom. The van der Waals surface area contributed by atoms with Crippen molar-refractivity contribution >= 4 is 116 Å². The first-order valence-electron chi connectivity index (χ1n) is 42.1. The highest BCUT2D eigenvalue weighted by Crippen LogP contribution is 2.44. The van der Waals surface area contributed by atoms with Crippen LogP contribution >= 0.6 is 22.7 Å². The van der Waals surface area contributed by atoms with Crippen molar-refractivity contribution < 1.29 is 86.6 Å².